The largest absolute Gasteiger partial charge is 0.392 e. The number of aliphatic hydroxyl groups is 1. The van der Waals surface area contributed by atoms with Crippen molar-refractivity contribution in [3.63, 3.8) is 0 Å². The van der Waals surface area contributed by atoms with Gasteiger partial charge in [-0.15, -0.1) is 0 Å². The average molecular weight is 196 g/mol. The maximum absolute atomic E-state index is 11.0. The predicted molar refractivity (Wildman–Crippen MR) is 54.9 cm³/mol. The minimum absolute atomic E-state index is 0.00757. The Hall–Kier alpha value is -1.22. The van der Waals surface area contributed by atoms with Crippen LogP contribution >= 0.6 is 0 Å². The molecule has 0 unspecified atom stereocenters. The van der Waals surface area contributed by atoms with Crippen molar-refractivity contribution in [3.05, 3.63) is 24.3 Å². The predicted octanol–water partition coefficient (Wildman–Crippen LogP) is 1.42. The number of hydrogen-bond donors (Lipinski definition) is 1. The fourth-order valence-corrected chi connectivity index (χ4v) is 1.04. The monoisotopic (exact) mass is 196 g/mol. The van der Waals surface area contributed by atoms with Crippen LogP contribution in [0.15, 0.2) is 24.3 Å². The lowest BCUT2D eigenvalue weighted by Gasteiger charge is -2.04. The molecule has 0 aliphatic rings. The van der Waals surface area contributed by atoms with Crippen molar-refractivity contribution >= 4 is 11.6 Å². The third-order valence-corrected chi connectivity index (χ3v) is 1.58. The van der Waals surface area contributed by atoms with Crippen LogP contribution in [0.25, 0.3) is 0 Å². The van der Waals surface area contributed by atoms with Crippen LogP contribution < -0.4 is 0 Å². The van der Waals surface area contributed by atoms with E-state index in [0.29, 0.717) is 0 Å². The molecule has 0 saturated heterocycles. The number of aliphatic hydroxyl groups excluding tert-OH is 1. The summed E-state index contributed by atoms with van der Waals surface area (Å²) in [5.74, 6) is -0.318. The molecule has 14 heavy (non-hydrogen) atoms. The summed E-state index contributed by atoms with van der Waals surface area (Å²) in [7, 11) is 0. The number of carbonyl (C=O) groups is 2. The molecule has 0 fully saturated rings. The summed E-state index contributed by atoms with van der Waals surface area (Å²) in [5, 5.41) is 9.33. The number of rotatable bonds is 6. The Bertz CT molecular complexity index is 225. The molecule has 0 rings (SSSR count). The van der Waals surface area contributed by atoms with Crippen molar-refractivity contribution in [1.29, 1.82) is 0 Å². The first-order chi connectivity index (χ1) is 6.60. The van der Waals surface area contributed by atoms with Crippen LogP contribution in [0.5, 0.6) is 0 Å². The third-order valence-electron chi connectivity index (χ3n) is 1.58. The highest BCUT2D eigenvalue weighted by atomic mass is 16.3. The molecular weight excluding hydrogens is 180 g/mol. The van der Waals surface area contributed by atoms with Crippen LogP contribution in [0.4, 0.5) is 0 Å². The molecule has 0 spiro atoms. The van der Waals surface area contributed by atoms with Gasteiger partial charge in [-0.05, 0) is 26.0 Å². The Labute approximate surface area is 84.1 Å². The molecule has 0 aromatic heterocycles. The van der Waals surface area contributed by atoms with Crippen molar-refractivity contribution in [2.45, 2.75) is 32.8 Å². The van der Waals surface area contributed by atoms with Gasteiger partial charge < -0.3 is 5.11 Å². The van der Waals surface area contributed by atoms with Crippen LogP contribution in [0, 0.1) is 0 Å². The normalized spacial score (nSPS) is 13.6. The van der Waals surface area contributed by atoms with Crippen molar-refractivity contribution in [1.82, 2.24) is 0 Å². The second kappa shape index (κ2) is 7.21. The van der Waals surface area contributed by atoms with Gasteiger partial charge in [-0.25, -0.2) is 0 Å². The molecule has 3 nitrogen and oxygen atoms in total. The lowest BCUT2D eigenvalue weighted by Crippen LogP contribution is -2.15. The number of ketones is 2. The minimum Gasteiger partial charge on any atom is -0.392 e. The molecule has 0 aromatic carbocycles. The second-order valence-corrected chi connectivity index (χ2v) is 2.99. The summed E-state index contributed by atoms with van der Waals surface area (Å²) < 4.78 is 0. The van der Waals surface area contributed by atoms with Crippen molar-refractivity contribution in [2.75, 3.05) is 0 Å². The summed E-state index contributed by atoms with van der Waals surface area (Å²) in [5.41, 5.74) is 0. The third kappa shape index (κ3) is 6.31. The van der Waals surface area contributed by atoms with E-state index in [1.807, 2.05) is 0 Å². The smallest absolute Gasteiger partial charge is 0.157 e. The summed E-state index contributed by atoms with van der Waals surface area (Å²) >= 11 is 0. The van der Waals surface area contributed by atoms with Gasteiger partial charge in [0, 0.05) is 12.8 Å². The van der Waals surface area contributed by atoms with Crippen molar-refractivity contribution in [3.8, 4) is 0 Å². The first-order valence-corrected chi connectivity index (χ1v) is 4.59. The molecule has 0 saturated carbocycles. The Morgan fingerprint density at radius 3 is 1.71 bits per heavy atom. The molecule has 0 atom stereocenters. The molecular formula is C11H16O3. The molecule has 0 bridgehead atoms. The number of carbonyl (C=O) groups excluding carboxylic acids is 2. The minimum atomic E-state index is -0.873. The number of allylic oxidation sites excluding steroid dienone is 4. The van der Waals surface area contributed by atoms with Gasteiger partial charge in [-0.2, -0.15) is 0 Å². The van der Waals surface area contributed by atoms with E-state index in [1.54, 1.807) is 26.0 Å². The highest BCUT2D eigenvalue weighted by Crippen LogP contribution is 2.01. The van der Waals surface area contributed by atoms with Crippen LogP contribution in [0.2, 0.25) is 0 Å². The van der Waals surface area contributed by atoms with Gasteiger partial charge >= 0.3 is 0 Å². The van der Waals surface area contributed by atoms with E-state index in [0.717, 1.165) is 0 Å². The highest BCUT2D eigenvalue weighted by molar-refractivity contribution is 5.92. The molecule has 3 heteroatoms. The van der Waals surface area contributed by atoms with E-state index in [-0.39, 0.29) is 24.4 Å². The Kier molecular flexibility index (Phi) is 6.58. The van der Waals surface area contributed by atoms with Gasteiger partial charge in [-0.1, -0.05) is 12.2 Å². The van der Waals surface area contributed by atoms with E-state index in [1.165, 1.54) is 12.2 Å². The fraction of sp³-hybridized carbons (Fsp3) is 0.455. The molecule has 0 aliphatic carbocycles. The Morgan fingerprint density at radius 2 is 1.43 bits per heavy atom. The zero-order valence-corrected chi connectivity index (χ0v) is 8.56. The quantitative estimate of drug-likeness (QED) is 0.653. The molecule has 1 N–H and O–H groups in total. The molecule has 0 radical (unpaired) electrons. The van der Waals surface area contributed by atoms with Gasteiger partial charge in [0.25, 0.3) is 0 Å². The van der Waals surface area contributed by atoms with E-state index in [2.05, 4.69) is 0 Å². The highest BCUT2D eigenvalue weighted by Gasteiger charge is 2.11. The van der Waals surface area contributed by atoms with Crippen LogP contribution in [0.3, 0.4) is 0 Å². The maximum Gasteiger partial charge on any atom is 0.157 e. The van der Waals surface area contributed by atoms with Crippen molar-refractivity contribution in [2.24, 2.45) is 0 Å². The lowest BCUT2D eigenvalue weighted by molar-refractivity contribution is -0.118. The molecule has 0 aromatic rings. The zero-order valence-electron chi connectivity index (χ0n) is 8.56. The van der Waals surface area contributed by atoms with Crippen molar-refractivity contribution < 1.29 is 14.7 Å². The lowest BCUT2D eigenvalue weighted by atomic mass is 10.1. The summed E-state index contributed by atoms with van der Waals surface area (Å²) in [6.07, 6.45) is 5.15. The van der Waals surface area contributed by atoms with Crippen LogP contribution in [0.1, 0.15) is 26.7 Å². The van der Waals surface area contributed by atoms with E-state index >= 15 is 0 Å². The van der Waals surface area contributed by atoms with Gasteiger partial charge in [-0.3, -0.25) is 9.59 Å². The summed E-state index contributed by atoms with van der Waals surface area (Å²) in [6, 6.07) is 0. The Balaban J connectivity index is 3.91. The van der Waals surface area contributed by atoms with Gasteiger partial charge in [0.05, 0.1) is 6.10 Å². The van der Waals surface area contributed by atoms with Gasteiger partial charge in [0.15, 0.2) is 11.6 Å². The SMILES string of the molecule is CC=CC(=O)CC(O)CC(=O)C=CC. The number of hydrogen-bond acceptors (Lipinski definition) is 3. The fourth-order valence-electron chi connectivity index (χ4n) is 1.04. The Morgan fingerprint density at radius 1 is 1.07 bits per heavy atom. The topological polar surface area (TPSA) is 54.4 Å². The molecule has 78 valence electrons. The first-order valence-electron chi connectivity index (χ1n) is 4.59. The van der Waals surface area contributed by atoms with E-state index in [9.17, 15) is 14.7 Å². The van der Waals surface area contributed by atoms with E-state index < -0.39 is 6.10 Å². The second-order valence-electron chi connectivity index (χ2n) is 2.99. The van der Waals surface area contributed by atoms with Crippen LogP contribution in [-0.2, 0) is 9.59 Å². The van der Waals surface area contributed by atoms with Gasteiger partial charge in [0.1, 0.15) is 0 Å². The maximum atomic E-state index is 11.0. The standard InChI is InChI=1S/C11H16O3/c1-3-5-9(12)7-11(14)8-10(13)6-4-2/h3-6,11,14H,7-8H2,1-2H3. The summed E-state index contributed by atoms with van der Waals surface area (Å²) in [4.78, 5) is 22.0. The molecule has 0 heterocycles. The summed E-state index contributed by atoms with van der Waals surface area (Å²) in [6.45, 7) is 3.46. The zero-order chi connectivity index (χ0) is 11.0. The van der Waals surface area contributed by atoms with Gasteiger partial charge in [0.2, 0.25) is 0 Å². The van der Waals surface area contributed by atoms with E-state index in [4.69, 9.17) is 0 Å². The molecule has 0 amide bonds. The first kappa shape index (κ1) is 12.8. The van der Waals surface area contributed by atoms with Crippen LogP contribution in [-0.4, -0.2) is 22.8 Å². The molecule has 0 aliphatic heterocycles. The average Bonchev–Trinajstić information content (AvgIpc) is 2.03.